The SMILES string of the molecule is CN1C(=O)O[C@H](C2OC(c3ccccc3)OC2(C)C)[C@@H]1CC1CCCCC1. The van der Waals surface area contributed by atoms with Crippen LogP contribution >= 0.6 is 0 Å². The predicted molar refractivity (Wildman–Crippen MR) is 102 cm³/mol. The molecule has 1 aliphatic carbocycles. The van der Waals surface area contributed by atoms with Crippen molar-refractivity contribution in [1.82, 2.24) is 4.90 Å². The molecule has 0 aromatic heterocycles. The molecule has 4 rings (SSSR count). The summed E-state index contributed by atoms with van der Waals surface area (Å²) in [6.45, 7) is 4.06. The van der Waals surface area contributed by atoms with Crippen molar-refractivity contribution in [2.24, 2.45) is 5.92 Å². The van der Waals surface area contributed by atoms with Crippen LogP contribution in [0.3, 0.4) is 0 Å². The molecule has 0 bridgehead atoms. The number of carbonyl (C=O) groups is 1. The van der Waals surface area contributed by atoms with Gasteiger partial charge in [0.05, 0.1) is 11.6 Å². The van der Waals surface area contributed by atoms with E-state index in [4.69, 9.17) is 14.2 Å². The van der Waals surface area contributed by atoms with Gasteiger partial charge in [-0.05, 0) is 26.2 Å². The Hall–Kier alpha value is -1.59. The highest BCUT2D eigenvalue weighted by Crippen LogP contribution is 2.44. The molecule has 4 atom stereocenters. The molecule has 1 aromatic carbocycles. The van der Waals surface area contributed by atoms with Crippen LogP contribution in [0.25, 0.3) is 0 Å². The molecular formula is C22H31NO4. The zero-order valence-electron chi connectivity index (χ0n) is 16.6. The molecule has 1 aromatic rings. The highest BCUT2D eigenvalue weighted by Gasteiger charge is 2.55. The minimum Gasteiger partial charge on any atom is -0.441 e. The predicted octanol–water partition coefficient (Wildman–Crippen LogP) is 4.67. The lowest BCUT2D eigenvalue weighted by Gasteiger charge is -2.33. The van der Waals surface area contributed by atoms with Crippen LogP contribution in [-0.4, -0.2) is 41.9 Å². The van der Waals surface area contributed by atoms with Crippen LogP contribution < -0.4 is 0 Å². The van der Waals surface area contributed by atoms with Crippen LogP contribution in [0, 0.1) is 5.92 Å². The second kappa shape index (κ2) is 7.44. The highest BCUT2D eigenvalue weighted by molar-refractivity contribution is 5.70. The van der Waals surface area contributed by atoms with E-state index in [0.717, 1.165) is 12.0 Å². The number of carbonyl (C=O) groups excluding carboxylic acids is 1. The van der Waals surface area contributed by atoms with Gasteiger partial charge in [0.2, 0.25) is 0 Å². The second-order valence-corrected chi connectivity index (χ2v) is 8.79. The second-order valence-electron chi connectivity index (χ2n) is 8.79. The Kier molecular flexibility index (Phi) is 5.17. The van der Waals surface area contributed by atoms with Gasteiger partial charge in [-0.2, -0.15) is 0 Å². The largest absolute Gasteiger partial charge is 0.441 e. The highest BCUT2D eigenvalue weighted by atomic mass is 16.7. The normalized spacial score (nSPS) is 34.0. The van der Waals surface area contributed by atoms with Gasteiger partial charge in [-0.25, -0.2) is 4.79 Å². The standard InChI is InChI=1S/C22H31NO4/c1-22(2)19(26-20(27-22)16-12-8-5-9-13-16)18-17(23(3)21(24)25-18)14-15-10-6-4-7-11-15/h5,8-9,12-13,15,17-20H,4,6-7,10-11,14H2,1-3H3/t17-,18-,19?,20?/m0/s1. The third-order valence-electron chi connectivity index (χ3n) is 6.44. The summed E-state index contributed by atoms with van der Waals surface area (Å²) in [4.78, 5) is 14.1. The van der Waals surface area contributed by atoms with Crippen LogP contribution in [0.2, 0.25) is 0 Å². The molecule has 5 nitrogen and oxygen atoms in total. The fourth-order valence-corrected chi connectivity index (χ4v) is 4.85. The first kappa shape index (κ1) is 18.8. The summed E-state index contributed by atoms with van der Waals surface area (Å²) in [5.41, 5.74) is 0.469. The zero-order chi connectivity index (χ0) is 19.0. The Morgan fingerprint density at radius 2 is 1.81 bits per heavy atom. The fraction of sp³-hybridized carbons (Fsp3) is 0.682. The van der Waals surface area contributed by atoms with Gasteiger partial charge in [-0.15, -0.1) is 0 Å². The van der Waals surface area contributed by atoms with Crippen LogP contribution in [0.1, 0.15) is 64.2 Å². The lowest BCUT2D eigenvalue weighted by molar-refractivity contribution is -0.0901. The first-order chi connectivity index (χ1) is 13.0. The quantitative estimate of drug-likeness (QED) is 0.770. The number of cyclic esters (lactones) is 1. The average molecular weight is 373 g/mol. The molecule has 5 heteroatoms. The van der Waals surface area contributed by atoms with Crippen LogP contribution in [-0.2, 0) is 14.2 Å². The Morgan fingerprint density at radius 3 is 2.52 bits per heavy atom. The topological polar surface area (TPSA) is 48.0 Å². The van der Waals surface area contributed by atoms with E-state index in [2.05, 4.69) is 0 Å². The molecular weight excluding hydrogens is 342 g/mol. The van der Waals surface area contributed by atoms with E-state index < -0.39 is 11.9 Å². The summed E-state index contributed by atoms with van der Waals surface area (Å²) in [5, 5.41) is 0. The van der Waals surface area contributed by atoms with Crippen LogP contribution in [0.15, 0.2) is 30.3 Å². The monoisotopic (exact) mass is 373 g/mol. The molecule has 0 radical (unpaired) electrons. The number of hydrogen-bond donors (Lipinski definition) is 0. The number of amides is 1. The van der Waals surface area contributed by atoms with Crippen molar-refractivity contribution in [2.45, 2.75) is 82.5 Å². The van der Waals surface area contributed by atoms with Crippen molar-refractivity contribution in [3.05, 3.63) is 35.9 Å². The Labute approximate surface area is 162 Å². The molecule has 0 N–H and O–H groups in total. The molecule has 1 saturated carbocycles. The summed E-state index contributed by atoms with van der Waals surface area (Å²) >= 11 is 0. The number of nitrogens with zero attached hydrogens (tertiary/aromatic N) is 1. The van der Waals surface area contributed by atoms with Gasteiger partial charge in [-0.3, -0.25) is 0 Å². The molecule has 3 aliphatic rings. The van der Waals surface area contributed by atoms with Gasteiger partial charge < -0.3 is 19.1 Å². The summed E-state index contributed by atoms with van der Waals surface area (Å²) in [7, 11) is 1.85. The fourth-order valence-electron chi connectivity index (χ4n) is 4.85. The lowest BCUT2D eigenvalue weighted by Crippen LogP contribution is -2.49. The van der Waals surface area contributed by atoms with Gasteiger partial charge in [0, 0.05) is 12.6 Å². The van der Waals surface area contributed by atoms with Crippen molar-refractivity contribution in [1.29, 1.82) is 0 Å². The minimum absolute atomic E-state index is 0.0444. The summed E-state index contributed by atoms with van der Waals surface area (Å²) < 4.78 is 18.4. The molecule has 2 saturated heterocycles. The van der Waals surface area contributed by atoms with Crippen LogP contribution in [0.5, 0.6) is 0 Å². The maximum Gasteiger partial charge on any atom is 0.410 e. The zero-order valence-corrected chi connectivity index (χ0v) is 16.6. The number of ether oxygens (including phenoxy) is 3. The smallest absolute Gasteiger partial charge is 0.410 e. The molecule has 2 aliphatic heterocycles. The molecule has 2 heterocycles. The van der Waals surface area contributed by atoms with Gasteiger partial charge in [0.1, 0.15) is 6.10 Å². The van der Waals surface area contributed by atoms with Crippen LogP contribution in [0.4, 0.5) is 4.79 Å². The van der Waals surface area contributed by atoms with Crippen molar-refractivity contribution >= 4 is 6.09 Å². The molecule has 3 fully saturated rings. The first-order valence-corrected chi connectivity index (χ1v) is 10.3. The van der Waals surface area contributed by atoms with Gasteiger partial charge in [0.15, 0.2) is 12.4 Å². The van der Waals surface area contributed by atoms with E-state index in [9.17, 15) is 4.79 Å². The van der Waals surface area contributed by atoms with Gasteiger partial charge >= 0.3 is 6.09 Å². The first-order valence-electron chi connectivity index (χ1n) is 10.3. The third-order valence-corrected chi connectivity index (χ3v) is 6.44. The average Bonchev–Trinajstić information content (AvgIpc) is 3.13. The molecule has 27 heavy (non-hydrogen) atoms. The lowest BCUT2D eigenvalue weighted by atomic mass is 9.81. The van der Waals surface area contributed by atoms with Crippen molar-refractivity contribution in [3.63, 3.8) is 0 Å². The number of rotatable bonds is 4. The van der Waals surface area contributed by atoms with E-state index in [0.29, 0.717) is 5.92 Å². The third kappa shape index (κ3) is 3.72. The maximum atomic E-state index is 12.4. The van der Waals surface area contributed by atoms with E-state index in [1.54, 1.807) is 4.90 Å². The summed E-state index contributed by atoms with van der Waals surface area (Å²) in [6.07, 6.45) is 6.16. The molecule has 148 valence electrons. The minimum atomic E-state index is -0.526. The van der Waals surface area contributed by atoms with Crippen molar-refractivity contribution < 1.29 is 19.0 Å². The van der Waals surface area contributed by atoms with Crippen molar-refractivity contribution in [3.8, 4) is 0 Å². The Bertz CT molecular complexity index is 656. The van der Waals surface area contributed by atoms with E-state index >= 15 is 0 Å². The Morgan fingerprint density at radius 1 is 1.11 bits per heavy atom. The molecule has 2 unspecified atom stereocenters. The van der Waals surface area contributed by atoms with E-state index in [1.165, 1.54) is 32.1 Å². The number of benzene rings is 1. The summed E-state index contributed by atoms with van der Waals surface area (Å²) in [6, 6.07) is 10.0. The van der Waals surface area contributed by atoms with E-state index in [-0.39, 0.29) is 24.3 Å². The summed E-state index contributed by atoms with van der Waals surface area (Å²) in [5.74, 6) is 0.665. The number of hydrogen-bond acceptors (Lipinski definition) is 4. The van der Waals surface area contributed by atoms with Gasteiger partial charge in [0.25, 0.3) is 0 Å². The molecule has 0 spiro atoms. The maximum absolute atomic E-state index is 12.4. The van der Waals surface area contributed by atoms with E-state index in [1.807, 2.05) is 51.2 Å². The van der Waals surface area contributed by atoms with Crippen molar-refractivity contribution in [2.75, 3.05) is 7.05 Å². The Balaban J connectivity index is 1.53. The van der Waals surface area contributed by atoms with Gasteiger partial charge in [-0.1, -0.05) is 62.4 Å². The number of likely N-dealkylation sites (N-methyl/N-ethyl adjacent to an activating group) is 1. The molecule has 1 amide bonds.